The highest BCUT2D eigenvalue weighted by Gasteiger charge is 2.32. The van der Waals surface area contributed by atoms with Gasteiger partial charge >= 0.3 is 10.1 Å². The molecule has 1 aliphatic carbocycles. The molecule has 1 fully saturated rings. The number of nitrogens with zero attached hydrogens (tertiary/aromatic N) is 3. The molecule has 39 heavy (non-hydrogen) atoms. The molecule has 1 unspecified atom stereocenters. The van der Waals surface area contributed by atoms with Crippen LogP contribution in [0.5, 0.6) is 5.88 Å². The van der Waals surface area contributed by atoms with Gasteiger partial charge in [-0.15, -0.1) is 0 Å². The monoisotopic (exact) mass is 551 g/mol. The van der Waals surface area contributed by atoms with Gasteiger partial charge in [-0.25, -0.2) is 4.98 Å². The van der Waals surface area contributed by atoms with Gasteiger partial charge in [0.05, 0.1) is 24.1 Å². The SMILES string of the molecule is Cc1nc(OS(=O)(=O)c2c(C(C)C)cc(C(C)C)cc2C(C)C)c2cc3c(cc2n1)CCC3N1CCOCC1. The molecule has 0 bridgehead atoms. The Morgan fingerprint density at radius 3 is 2.15 bits per heavy atom. The molecular weight excluding hydrogens is 510 g/mol. The molecule has 1 aliphatic heterocycles. The van der Waals surface area contributed by atoms with E-state index in [9.17, 15) is 8.42 Å². The van der Waals surface area contributed by atoms with E-state index in [1.54, 1.807) is 6.92 Å². The summed E-state index contributed by atoms with van der Waals surface area (Å²) in [6.45, 7) is 17.4. The van der Waals surface area contributed by atoms with Crippen LogP contribution in [0.4, 0.5) is 0 Å². The van der Waals surface area contributed by atoms with Crippen molar-refractivity contribution in [3.63, 3.8) is 0 Å². The van der Waals surface area contributed by atoms with E-state index in [1.165, 1.54) is 11.1 Å². The molecule has 2 heterocycles. The third-order valence-electron chi connectivity index (χ3n) is 8.08. The number of aromatic nitrogens is 2. The van der Waals surface area contributed by atoms with E-state index >= 15 is 0 Å². The first-order valence-electron chi connectivity index (χ1n) is 14.2. The van der Waals surface area contributed by atoms with E-state index in [-0.39, 0.29) is 34.6 Å². The molecule has 2 aliphatic rings. The van der Waals surface area contributed by atoms with Crippen LogP contribution < -0.4 is 4.18 Å². The van der Waals surface area contributed by atoms with Gasteiger partial charge in [0.1, 0.15) is 10.7 Å². The summed E-state index contributed by atoms with van der Waals surface area (Å²) >= 11 is 0. The van der Waals surface area contributed by atoms with E-state index in [0.717, 1.165) is 61.4 Å². The molecule has 0 spiro atoms. The molecule has 5 rings (SSSR count). The average Bonchev–Trinajstić information content (AvgIpc) is 3.29. The van der Waals surface area contributed by atoms with E-state index in [1.807, 2.05) is 39.8 Å². The van der Waals surface area contributed by atoms with E-state index < -0.39 is 10.1 Å². The molecule has 1 aromatic heterocycles. The normalized spacial score (nSPS) is 18.5. The van der Waals surface area contributed by atoms with Crippen molar-refractivity contribution in [1.29, 1.82) is 0 Å². The van der Waals surface area contributed by atoms with Crippen LogP contribution in [-0.2, 0) is 21.3 Å². The van der Waals surface area contributed by atoms with Crippen molar-refractivity contribution in [2.24, 2.45) is 0 Å². The van der Waals surface area contributed by atoms with E-state index in [0.29, 0.717) is 11.2 Å². The summed E-state index contributed by atoms with van der Waals surface area (Å²) in [5.74, 6) is 0.892. The molecular formula is C31H41N3O4S. The lowest BCUT2D eigenvalue weighted by Crippen LogP contribution is -2.38. The number of aryl methyl sites for hydroxylation is 2. The molecule has 1 saturated heterocycles. The third-order valence-corrected chi connectivity index (χ3v) is 9.43. The lowest BCUT2D eigenvalue weighted by atomic mass is 9.89. The molecule has 8 heteroatoms. The highest BCUT2D eigenvalue weighted by molar-refractivity contribution is 7.87. The molecule has 7 nitrogen and oxygen atoms in total. The second-order valence-corrected chi connectivity index (χ2v) is 13.4. The smallest absolute Gasteiger partial charge is 0.341 e. The quantitative estimate of drug-likeness (QED) is 0.315. The van der Waals surface area contributed by atoms with E-state index in [2.05, 4.69) is 40.8 Å². The summed E-state index contributed by atoms with van der Waals surface area (Å²) in [7, 11) is -4.18. The van der Waals surface area contributed by atoms with Gasteiger partial charge in [-0.3, -0.25) is 4.90 Å². The van der Waals surface area contributed by atoms with Gasteiger partial charge in [0.15, 0.2) is 0 Å². The summed E-state index contributed by atoms with van der Waals surface area (Å²) in [5.41, 5.74) is 5.90. The van der Waals surface area contributed by atoms with Crippen LogP contribution in [0.25, 0.3) is 10.9 Å². The Bertz CT molecular complexity index is 1460. The maximum Gasteiger partial charge on any atom is 0.341 e. The predicted molar refractivity (Wildman–Crippen MR) is 154 cm³/mol. The average molecular weight is 552 g/mol. The first-order chi connectivity index (χ1) is 18.5. The Balaban J connectivity index is 1.63. The minimum absolute atomic E-state index is 0.0102. The second-order valence-electron chi connectivity index (χ2n) is 11.9. The second kappa shape index (κ2) is 10.8. The van der Waals surface area contributed by atoms with Crippen LogP contribution in [-0.4, -0.2) is 49.6 Å². The molecule has 0 N–H and O–H groups in total. The summed E-state index contributed by atoms with van der Waals surface area (Å²) in [6, 6.07) is 8.50. The van der Waals surface area contributed by atoms with Crippen LogP contribution in [0, 0.1) is 6.92 Å². The van der Waals surface area contributed by atoms with Crippen molar-refractivity contribution in [2.45, 2.75) is 90.0 Å². The number of rotatable bonds is 7. The van der Waals surface area contributed by atoms with Crippen LogP contribution in [0.15, 0.2) is 29.2 Å². The van der Waals surface area contributed by atoms with Gasteiger partial charge in [-0.1, -0.05) is 53.7 Å². The predicted octanol–water partition coefficient (Wildman–Crippen LogP) is 6.40. The van der Waals surface area contributed by atoms with Crippen molar-refractivity contribution < 1.29 is 17.3 Å². The standard InChI is InChI=1S/C31H41N3O4S/c1-18(2)23-14-24(19(3)4)30(25(15-23)20(5)6)39(35,36)38-31-27-17-26-22(16-28(27)32-21(7)33-31)8-9-29(26)34-10-12-37-13-11-34/h14-20,29H,8-13H2,1-7H3. The fourth-order valence-corrected chi connectivity index (χ4v) is 7.53. The molecule has 210 valence electrons. The summed E-state index contributed by atoms with van der Waals surface area (Å²) in [5, 5.41) is 0.638. The van der Waals surface area contributed by atoms with Crippen molar-refractivity contribution in [3.8, 4) is 5.88 Å². The first kappa shape index (κ1) is 28.0. The first-order valence-corrected chi connectivity index (χ1v) is 15.6. The number of ether oxygens (including phenoxy) is 1. The van der Waals surface area contributed by atoms with Gasteiger partial charge in [0, 0.05) is 19.1 Å². The van der Waals surface area contributed by atoms with Crippen LogP contribution >= 0.6 is 0 Å². The maximum absolute atomic E-state index is 14.1. The zero-order chi connectivity index (χ0) is 28.1. The Kier molecular flexibility index (Phi) is 7.74. The van der Waals surface area contributed by atoms with Gasteiger partial charge in [0.2, 0.25) is 5.88 Å². The maximum atomic E-state index is 14.1. The van der Waals surface area contributed by atoms with Crippen LogP contribution in [0.2, 0.25) is 0 Å². The topological polar surface area (TPSA) is 81.6 Å². The van der Waals surface area contributed by atoms with Crippen molar-refractivity contribution in [1.82, 2.24) is 14.9 Å². The number of hydrogen-bond acceptors (Lipinski definition) is 7. The van der Waals surface area contributed by atoms with Crippen molar-refractivity contribution in [2.75, 3.05) is 26.3 Å². The zero-order valence-electron chi connectivity index (χ0n) is 24.2. The molecule has 0 amide bonds. The number of benzene rings is 2. The van der Waals surface area contributed by atoms with Crippen LogP contribution in [0.3, 0.4) is 0 Å². The number of fused-ring (bicyclic) bond motifs is 2. The van der Waals surface area contributed by atoms with Gasteiger partial charge in [-0.05, 0) is 77.5 Å². The minimum Gasteiger partial charge on any atom is -0.379 e. The largest absolute Gasteiger partial charge is 0.379 e. The highest BCUT2D eigenvalue weighted by atomic mass is 32.2. The zero-order valence-corrected chi connectivity index (χ0v) is 25.1. The summed E-state index contributed by atoms with van der Waals surface area (Å²) in [4.78, 5) is 11.9. The summed E-state index contributed by atoms with van der Waals surface area (Å²) in [6.07, 6.45) is 2.01. The third kappa shape index (κ3) is 5.43. The molecule has 0 saturated carbocycles. The Morgan fingerprint density at radius 1 is 0.923 bits per heavy atom. The Morgan fingerprint density at radius 2 is 1.56 bits per heavy atom. The molecule has 1 atom stereocenters. The molecule has 3 aromatic rings. The Hall–Kier alpha value is -2.55. The van der Waals surface area contributed by atoms with Gasteiger partial charge < -0.3 is 8.92 Å². The van der Waals surface area contributed by atoms with Crippen LogP contribution in [0.1, 0.15) is 105 Å². The number of morpholine rings is 1. The van der Waals surface area contributed by atoms with Gasteiger partial charge in [0.25, 0.3) is 0 Å². The van der Waals surface area contributed by atoms with Crippen molar-refractivity contribution >= 4 is 21.0 Å². The molecule has 0 radical (unpaired) electrons. The van der Waals surface area contributed by atoms with E-state index in [4.69, 9.17) is 8.92 Å². The lowest BCUT2D eigenvalue weighted by molar-refractivity contribution is 0.0165. The number of hydrogen-bond donors (Lipinski definition) is 0. The Labute approximate surface area is 233 Å². The molecule has 2 aromatic carbocycles. The summed E-state index contributed by atoms with van der Waals surface area (Å²) < 4.78 is 39.8. The minimum atomic E-state index is -4.18. The lowest BCUT2D eigenvalue weighted by Gasteiger charge is -2.32. The van der Waals surface area contributed by atoms with Gasteiger partial charge in [-0.2, -0.15) is 13.4 Å². The fourth-order valence-electron chi connectivity index (χ4n) is 5.95. The van der Waals surface area contributed by atoms with Crippen molar-refractivity contribution in [3.05, 3.63) is 57.9 Å². The highest BCUT2D eigenvalue weighted by Crippen LogP contribution is 2.41. The fraction of sp³-hybridized carbons (Fsp3) is 0.548.